The van der Waals surface area contributed by atoms with Gasteiger partial charge in [-0.2, -0.15) is 0 Å². The van der Waals surface area contributed by atoms with E-state index in [1.54, 1.807) is 13.2 Å². The molecule has 144 valence electrons. The molecule has 1 aromatic carbocycles. The molecular formula is C19H23N3O3S2. The number of thiazole rings is 1. The van der Waals surface area contributed by atoms with Crippen molar-refractivity contribution < 1.29 is 14.3 Å². The molecule has 27 heavy (non-hydrogen) atoms. The van der Waals surface area contributed by atoms with Gasteiger partial charge in [0, 0.05) is 30.2 Å². The Bertz CT molecular complexity index is 788. The maximum atomic E-state index is 12.3. The minimum absolute atomic E-state index is 0.102. The van der Waals surface area contributed by atoms with E-state index in [0.717, 1.165) is 36.0 Å². The zero-order valence-corrected chi connectivity index (χ0v) is 16.9. The number of nitrogens with zero attached hydrogens (tertiary/aromatic N) is 2. The summed E-state index contributed by atoms with van der Waals surface area (Å²) in [4.78, 5) is 30.8. The molecule has 0 radical (unpaired) electrons. The van der Waals surface area contributed by atoms with Crippen LogP contribution in [0, 0.1) is 0 Å². The lowest BCUT2D eigenvalue weighted by Crippen LogP contribution is -2.36. The van der Waals surface area contributed by atoms with Crippen molar-refractivity contribution in [3.63, 3.8) is 0 Å². The number of piperidine rings is 1. The number of amides is 2. The average Bonchev–Trinajstić information content (AvgIpc) is 3.14. The highest BCUT2D eigenvalue weighted by Gasteiger charge is 2.18. The number of rotatable bonds is 7. The Kier molecular flexibility index (Phi) is 7.11. The van der Waals surface area contributed by atoms with Gasteiger partial charge in [-0.1, -0.05) is 17.8 Å². The summed E-state index contributed by atoms with van der Waals surface area (Å²) in [6, 6.07) is 7.25. The van der Waals surface area contributed by atoms with Gasteiger partial charge in [-0.05, 0) is 31.4 Å². The van der Waals surface area contributed by atoms with Gasteiger partial charge in [0.2, 0.25) is 11.8 Å². The molecule has 1 aliphatic rings. The van der Waals surface area contributed by atoms with Gasteiger partial charge in [-0.25, -0.2) is 4.98 Å². The third kappa shape index (κ3) is 5.97. The molecule has 0 spiro atoms. The highest BCUT2D eigenvalue weighted by atomic mass is 32.2. The summed E-state index contributed by atoms with van der Waals surface area (Å²) < 4.78 is 5.95. The van der Waals surface area contributed by atoms with E-state index in [2.05, 4.69) is 10.3 Å². The number of anilines is 1. The van der Waals surface area contributed by atoms with Crippen LogP contribution in [-0.2, 0) is 16.0 Å². The molecule has 0 bridgehead atoms. The van der Waals surface area contributed by atoms with Gasteiger partial charge < -0.3 is 15.0 Å². The summed E-state index contributed by atoms with van der Waals surface area (Å²) in [7, 11) is 1.59. The smallest absolute Gasteiger partial charge is 0.234 e. The molecule has 1 aliphatic heterocycles. The number of benzene rings is 1. The minimum Gasteiger partial charge on any atom is -0.497 e. The summed E-state index contributed by atoms with van der Waals surface area (Å²) >= 11 is 2.85. The molecule has 2 heterocycles. The van der Waals surface area contributed by atoms with Crippen LogP contribution in [-0.4, -0.2) is 47.7 Å². The summed E-state index contributed by atoms with van der Waals surface area (Å²) in [5.41, 5.74) is 1.48. The topological polar surface area (TPSA) is 71.5 Å². The van der Waals surface area contributed by atoms with Crippen LogP contribution < -0.4 is 10.1 Å². The van der Waals surface area contributed by atoms with E-state index in [4.69, 9.17) is 4.74 Å². The van der Waals surface area contributed by atoms with Crippen molar-refractivity contribution in [1.82, 2.24) is 9.88 Å². The van der Waals surface area contributed by atoms with Gasteiger partial charge in [-0.15, -0.1) is 11.3 Å². The summed E-state index contributed by atoms with van der Waals surface area (Å²) in [6.07, 6.45) is 3.73. The predicted molar refractivity (Wildman–Crippen MR) is 109 cm³/mol. The summed E-state index contributed by atoms with van der Waals surface area (Å²) in [6.45, 7) is 1.71. The summed E-state index contributed by atoms with van der Waals surface area (Å²) in [5, 5.41) is 4.75. The van der Waals surface area contributed by atoms with Gasteiger partial charge in [0.05, 0.1) is 25.0 Å². The van der Waals surface area contributed by atoms with Crippen molar-refractivity contribution >= 4 is 40.6 Å². The third-order valence-electron chi connectivity index (χ3n) is 4.25. The second kappa shape index (κ2) is 9.75. The molecule has 1 aromatic heterocycles. The molecule has 1 N–H and O–H groups in total. The largest absolute Gasteiger partial charge is 0.497 e. The van der Waals surface area contributed by atoms with Crippen LogP contribution in [0.15, 0.2) is 34.0 Å². The van der Waals surface area contributed by atoms with Crippen molar-refractivity contribution in [2.45, 2.75) is 30.0 Å². The fourth-order valence-corrected chi connectivity index (χ4v) is 4.52. The first kappa shape index (κ1) is 19.7. The van der Waals surface area contributed by atoms with Gasteiger partial charge in [0.1, 0.15) is 5.75 Å². The molecule has 6 nitrogen and oxygen atoms in total. The molecule has 0 aliphatic carbocycles. The minimum atomic E-state index is -0.102. The number of hydrogen-bond donors (Lipinski definition) is 1. The third-order valence-corrected chi connectivity index (χ3v) is 6.32. The lowest BCUT2D eigenvalue weighted by molar-refractivity contribution is -0.131. The van der Waals surface area contributed by atoms with E-state index < -0.39 is 0 Å². The van der Waals surface area contributed by atoms with Gasteiger partial charge in [0.25, 0.3) is 0 Å². The Morgan fingerprint density at radius 2 is 2.11 bits per heavy atom. The number of hydrogen-bond acceptors (Lipinski definition) is 6. The second-order valence-electron chi connectivity index (χ2n) is 6.29. The second-order valence-corrected chi connectivity index (χ2v) is 8.37. The number of methoxy groups -OCH3 is 1. The molecule has 0 atom stereocenters. The average molecular weight is 406 g/mol. The molecule has 3 rings (SSSR count). The van der Waals surface area contributed by atoms with E-state index >= 15 is 0 Å². The predicted octanol–water partition coefficient (Wildman–Crippen LogP) is 3.44. The Hall–Kier alpha value is -2.06. The number of ether oxygens (including phenoxy) is 1. The van der Waals surface area contributed by atoms with Crippen molar-refractivity contribution in [1.29, 1.82) is 0 Å². The molecule has 2 aromatic rings. The van der Waals surface area contributed by atoms with Crippen LogP contribution in [0.5, 0.6) is 5.75 Å². The number of carbonyl (C=O) groups is 2. The van der Waals surface area contributed by atoms with Crippen LogP contribution in [0.1, 0.15) is 25.0 Å². The van der Waals surface area contributed by atoms with Crippen molar-refractivity contribution in [2.24, 2.45) is 0 Å². The number of nitrogens with one attached hydrogen (secondary N) is 1. The molecule has 2 amide bonds. The van der Waals surface area contributed by atoms with Gasteiger partial charge in [-0.3, -0.25) is 9.59 Å². The first-order valence-electron chi connectivity index (χ1n) is 8.93. The lowest BCUT2D eigenvalue weighted by Gasteiger charge is -2.26. The maximum Gasteiger partial charge on any atom is 0.234 e. The number of likely N-dealkylation sites (tertiary alicyclic amines) is 1. The SMILES string of the molecule is COc1cccc(NC(=O)CSc2nc(CC(=O)N3CCCCC3)cs2)c1. The lowest BCUT2D eigenvalue weighted by atomic mass is 10.1. The normalized spacial score (nSPS) is 14.0. The Balaban J connectivity index is 1.45. The summed E-state index contributed by atoms with van der Waals surface area (Å²) in [5.74, 6) is 1.01. The van der Waals surface area contributed by atoms with Gasteiger partial charge in [0.15, 0.2) is 4.34 Å². The maximum absolute atomic E-state index is 12.3. The van der Waals surface area contributed by atoms with Crippen LogP contribution in [0.3, 0.4) is 0 Å². The first-order chi connectivity index (χ1) is 13.1. The van der Waals surface area contributed by atoms with Crippen molar-refractivity contribution in [3.8, 4) is 5.75 Å². The Labute approximate surface area is 167 Å². The number of carbonyl (C=O) groups excluding carboxylic acids is 2. The van der Waals surface area contributed by atoms with Gasteiger partial charge >= 0.3 is 0 Å². The fraction of sp³-hybridized carbons (Fsp3) is 0.421. The van der Waals surface area contributed by atoms with Crippen LogP contribution in [0.2, 0.25) is 0 Å². The van der Waals surface area contributed by atoms with Crippen molar-refractivity contribution in [2.75, 3.05) is 31.3 Å². The van der Waals surface area contributed by atoms with Crippen LogP contribution >= 0.6 is 23.1 Å². The number of thioether (sulfide) groups is 1. The van der Waals surface area contributed by atoms with Crippen molar-refractivity contribution in [3.05, 3.63) is 35.3 Å². The highest BCUT2D eigenvalue weighted by molar-refractivity contribution is 8.01. The Morgan fingerprint density at radius 3 is 2.89 bits per heavy atom. The van der Waals surface area contributed by atoms with E-state index in [1.807, 2.05) is 28.5 Å². The molecule has 1 fully saturated rings. The fourth-order valence-electron chi connectivity index (χ4n) is 2.87. The first-order valence-corrected chi connectivity index (χ1v) is 10.8. The Morgan fingerprint density at radius 1 is 1.30 bits per heavy atom. The molecule has 8 heteroatoms. The molecule has 0 unspecified atom stereocenters. The quantitative estimate of drug-likeness (QED) is 0.715. The zero-order valence-electron chi connectivity index (χ0n) is 15.3. The van der Waals surface area contributed by atoms with E-state index in [9.17, 15) is 9.59 Å². The highest BCUT2D eigenvalue weighted by Crippen LogP contribution is 2.24. The van der Waals surface area contributed by atoms with Crippen LogP contribution in [0.4, 0.5) is 5.69 Å². The number of aromatic nitrogens is 1. The molecule has 0 saturated carbocycles. The van der Waals surface area contributed by atoms with Crippen LogP contribution in [0.25, 0.3) is 0 Å². The van der Waals surface area contributed by atoms with E-state index in [-0.39, 0.29) is 17.6 Å². The standard InChI is InChI=1S/C19H23N3O3S2/c1-25-16-7-5-6-14(10-16)20-17(23)13-27-19-21-15(12-26-19)11-18(24)22-8-3-2-4-9-22/h5-7,10,12H,2-4,8-9,11,13H2,1H3,(H,20,23). The monoisotopic (exact) mass is 405 g/mol. The van der Waals surface area contributed by atoms with E-state index in [0.29, 0.717) is 17.9 Å². The zero-order chi connectivity index (χ0) is 19.1. The molecular weight excluding hydrogens is 382 g/mol. The molecule has 1 saturated heterocycles. The van der Waals surface area contributed by atoms with E-state index in [1.165, 1.54) is 29.5 Å².